The number of nitrogens with zero attached hydrogens (tertiary/aromatic N) is 1. The molecule has 9 heteroatoms. The lowest BCUT2D eigenvalue weighted by molar-refractivity contribution is -0.114. The maximum absolute atomic E-state index is 12.8. The number of methoxy groups -OCH3 is 1. The summed E-state index contributed by atoms with van der Waals surface area (Å²) in [5.74, 6) is -0.0397. The molecule has 0 atom stereocenters. The van der Waals surface area contributed by atoms with Crippen molar-refractivity contribution < 1.29 is 17.9 Å². The van der Waals surface area contributed by atoms with Gasteiger partial charge in [-0.2, -0.15) is 4.31 Å². The number of nitrogens with one attached hydrogen (secondary N) is 1. The van der Waals surface area contributed by atoms with Crippen molar-refractivity contribution in [2.45, 2.75) is 18.4 Å². The van der Waals surface area contributed by atoms with E-state index in [0.717, 1.165) is 4.31 Å². The Morgan fingerprint density at radius 1 is 1.23 bits per heavy atom. The molecule has 6 nitrogen and oxygen atoms in total. The Kier molecular flexibility index (Phi) is 6.52. The van der Waals surface area contributed by atoms with Crippen molar-refractivity contribution in [3.05, 3.63) is 52.0 Å². The molecule has 0 saturated heterocycles. The molecule has 0 bridgehead atoms. The summed E-state index contributed by atoms with van der Waals surface area (Å²) in [6.07, 6.45) is 0. The van der Waals surface area contributed by atoms with E-state index >= 15 is 0 Å². The number of halogens is 2. The molecule has 0 saturated carbocycles. The summed E-state index contributed by atoms with van der Waals surface area (Å²) in [5.41, 5.74) is 0.978. The van der Waals surface area contributed by atoms with E-state index < -0.39 is 10.0 Å². The molecule has 2 rings (SSSR count). The van der Waals surface area contributed by atoms with E-state index in [1.54, 1.807) is 18.2 Å². The molecule has 0 unspecified atom stereocenters. The van der Waals surface area contributed by atoms with Crippen molar-refractivity contribution in [3.63, 3.8) is 0 Å². The van der Waals surface area contributed by atoms with Crippen LogP contribution in [0.5, 0.6) is 5.75 Å². The fraction of sp³-hybridized carbons (Fsp3) is 0.235. The number of benzene rings is 2. The predicted octanol–water partition coefficient (Wildman–Crippen LogP) is 3.78. The third-order valence-corrected chi connectivity index (χ3v) is 6.27. The number of ether oxygens (including phenoxy) is 1. The molecule has 0 aliphatic carbocycles. The van der Waals surface area contributed by atoms with Crippen molar-refractivity contribution in [1.82, 2.24) is 4.31 Å². The molecule has 1 amide bonds. The number of hydrogen-bond donors (Lipinski definition) is 1. The molecule has 0 aliphatic rings. The molecule has 0 radical (unpaired) electrons. The Hall–Kier alpha value is -1.80. The highest BCUT2D eigenvalue weighted by Gasteiger charge is 2.23. The van der Waals surface area contributed by atoms with Crippen LogP contribution in [-0.2, 0) is 21.4 Å². The Morgan fingerprint density at radius 2 is 1.92 bits per heavy atom. The van der Waals surface area contributed by atoms with Crippen LogP contribution in [-0.4, -0.2) is 32.8 Å². The van der Waals surface area contributed by atoms with E-state index in [1.165, 1.54) is 39.3 Å². The van der Waals surface area contributed by atoms with E-state index in [-0.39, 0.29) is 23.1 Å². The summed E-state index contributed by atoms with van der Waals surface area (Å²) in [6.45, 7) is 1.41. The molecule has 2 aromatic rings. The average Bonchev–Trinajstić information content (AvgIpc) is 2.58. The third kappa shape index (κ3) is 4.48. The third-order valence-electron chi connectivity index (χ3n) is 3.62. The fourth-order valence-corrected chi connectivity index (χ4v) is 3.85. The minimum Gasteiger partial charge on any atom is -0.495 e. The second kappa shape index (κ2) is 8.26. The van der Waals surface area contributed by atoms with Crippen LogP contribution in [0.25, 0.3) is 0 Å². The Morgan fingerprint density at radius 3 is 2.54 bits per heavy atom. The summed E-state index contributed by atoms with van der Waals surface area (Å²) < 4.78 is 32.0. The lowest BCUT2D eigenvalue weighted by atomic mass is 10.2. The second-order valence-corrected chi connectivity index (χ2v) is 8.35. The van der Waals surface area contributed by atoms with Crippen molar-refractivity contribution >= 4 is 44.8 Å². The number of hydrogen-bond acceptors (Lipinski definition) is 4. The van der Waals surface area contributed by atoms with Gasteiger partial charge >= 0.3 is 0 Å². The maximum Gasteiger partial charge on any atom is 0.243 e. The first-order valence-electron chi connectivity index (χ1n) is 7.51. The number of carbonyl (C=O) groups excluding carboxylic acids is 1. The van der Waals surface area contributed by atoms with E-state index in [9.17, 15) is 13.2 Å². The summed E-state index contributed by atoms with van der Waals surface area (Å²) in [6, 6.07) is 9.28. The summed E-state index contributed by atoms with van der Waals surface area (Å²) in [4.78, 5) is 11.2. The minimum atomic E-state index is -3.81. The zero-order valence-corrected chi connectivity index (χ0v) is 16.7. The molecule has 0 spiro atoms. The van der Waals surface area contributed by atoms with E-state index in [0.29, 0.717) is 21.3 Å². The molecule has 140 valence electrons. The average molecular weight is 417 g/mol. The normalized spacial score (nSPS) is 11.5. The fourth-order valence-electron chi connectivity index (χ4n) is 2.30. The van der Waals surface area contributed by atoms with E-state index in [2.05, 4.69) is 5.32 Å². The van der Waals surface area contributed by atoms with Gasteiger partial charge in [-0.25, -0.2) is 8.42 Å². The van der Waals surface area contributed by atoms with Gasteiger partial charge in [0.1, 0.15) is 5.75 Å². The Bertz CT molecular complexity index is 932. The minimum absolute atomic E-state index is 0.0316. The molecule has 2 aromatic carbocycles. The van der Waals surface area contributed by atoms with Gasteiger partial charge in [0.25, 0.3) is 0 Å². The molecule has 0 aliphatic heterocycles. The summed E-state index contributed by atoms with van der Waals surface area (Å²) in [5, 5.41) is 3.25. The van der Waals surface area contributed by atoms with Gasteiger partial charge in [0, 0.05) is 26.6 Å². The van der Waals surface area contributed by atoms with Gasteiger partial charge in [-0.3, -0.25) is 4.79 Å². The molecular weight excluding hydrogens is 399 g/mol. The maximum atomic E-state index is 12.8. The van der Waals surface area contributed by atoms with Gasteiger partial charge in [-0.05, 0) is 23.8 Å². The largest absolute Gasteiger partial charge is 0.495 e. The number of amides is 1. The van der Waals surface area contributed by atoms with Gasteiger partial charge in [0.05, 0.1) is 27.7 Å². The topological polar surface area (TPSA) is 75.7 Å². The van der Waals surface area contributed by atoms with Crippen LogP contribution < -0.4 is 10.1 Å². The highest BCUT2D eigenvalue weighted by atomic mass is 35.5. The lowest BCUT2D eigenvalue weighted by Gasteiger charge is -2.19. The number of rotatable bonds is 6. The molecule has 0 heterocycles. The second-order valence-electron chi connectivity index (χ2n) is 5.52. The van der Waals surface area contributed by atoms with Gasteiger partial charge in [0.15, 0.2) is 0 Å². The predicted molar refractivity (Wildman–Crippen MR) is 102 cm³/mol. The van der Waals surface area contributed by atoms with Gasteiger partial charge in [-0.1, -0.05) is 35.3 Å². The first-order chi connectivity index (χ1) is 12.2. The lowest BCUT2D eigenvalue weighted by Crippen LogP contribution is -2.26. The van der Waals surface area contributed by atoms with Crippen LogP contribution in [0.1, 0.15) is 12.5 Å². The van der Waals surface area contributed by atoms with Crippen LogP contribution in [0.3, 0.4) is 0 Å². The number of carbonyl (C=O) groups is 1. The van der Waals surface area contributed by atoms with Crippen molar-refractivity contribution in [1.29, 1.82) is 0 Å². The summed E-state index contributed by atoms with van der Waals surface area (Å²) in [7, 11) is -0.965. The van der Waals surface area contributed by atoms with Crippen LogP contribution in [0, 0.1) is 0 Å². The van der Waals surface area contributed by atoms with Crippen molar-refractivity contribution in [2.75, 3.05) is 19.5 Å². The molecule has 0 fully saturated rings. The molecule has 26 heavy (non-hydrogen) atoms. The van der Waals surface area contributed by atoms with Crippen LogP contribution in [0.2, 0.25) is 10.0 Å². The first-order valence-corrected chi connectivity index (χ1v) is 9.71. The SMILES string of the molecule is COc1cc(S(=O)(=O)N(C)Cc2cccc(Cl)c2Cl)ccc1NC(C)=O. The summed E-state index contributed by atoms with van der Waals surface area (Å²) >= 11 is 12.1. The number of sulfonamides is 1. The van der Waals surface area contributed by atoms with Crippen molar-refractivity contribution in [3.8, 4) is 5.75 Å². The van der Waals surface area contributed by atoms with Crippen LogP contribution in [0.15, 0.2) is 41.3 Å². The quantitative estimate of drug-likeness (QED) is 0.776. The zero-order valence-electron chi connectivity index (χ0n) is 14.4. The molecular formula is C17H18Cl2N2O4S. The Balaban J connectivity index is 2.34. The number of anilines is 1. The smallest absolute Gasteiger partial charge is 0.243 e. The van der Waals surface area contributed by atoms with E-state index in [1.807, 2.05) is 0 Å². The monoisotopic (exact) mass is 416 g/mol. The van der Waals surface area contributed by atoms with Crippen molar-refractivity contribution in [2.24, 2.45) is 0 Å². The highest BCUT2D eigenvalue weighted by Crippen LogP contribution is 2.31. The van der Waals surface area contributed by atoms with Gasteiger partial charge in [0.2, 0.25) is 15.9 Å². The Labute approximate surface area is 162 Å². The highest BCUT2D eigenvalue weighted by molar-refractivity contribution is 7.89. The van der Waals surface area contributed by atoms with Crippen LogP contribution >= 0.6 is 23.2 Å². The standard InChI is InChI=1S/C17H18Cl2N2O4S/c1-11(22)20-15-8-7-13(9-16(15)25-3)26(23,24)21(2)10-12-5-4-6-14(18)17(12)19/h4-9H,10H2,1-3H3,(H,20,22). The molecule has 1 N–H and O–H groups in total. The zero-order chi connectivity index (χ0) is 19.5. The first kappa shape index (κ1) is 20.5. The van der Waals surface area contributed by atoms with Crippen LogP contribution in [0.4, 0.5) is 5.69 Å². The van der Waals surface area contributed by atoms with Gasteiger partial charge in [-0.15, -0.1) is 0 Å². The molecule has 0 aromatic heterocycles. The van der Waals surface area contributed by atoms with E-state index in [4.69, 9.17) is 27.9 Å². The van der Waals surface area contributed by atoms with Gasteiger partial charge < -0.3 is 10.1 Å².